The Bertz CT molecular complexity index is 805. The van der Waals surface area contributed by atoms with Gasteiger partial charge in [0.15, 0.2) is 23.0 Å². The molecule has 0 heterocycles. The molecule has 0 aromatic heterocycles. The summed E-state index contributed by atoms with van der Waals surface area (Å²) < 4.78 is 10.9. The van der Waals surface area contributed by atoms with Crippen molar-refractivity contribution >= 4 is 12.1 Å². The first-order valence-electron chi connectivity index (χ1n) is 8.67. The average molecular weight is 372 g/mol. The molecule has 0 atom stereocenters. The van der Waals surface area contributed by atoms with E-state index in [1.54, 1.807) is 25.3 Å². The van der Waals surface area contributed by atoms with Gasteiger partial charge in [0.25, 0.3) is 0 Å². The minimum absolute atomic E-state index is 0.186. The van der Waals surface area contributed by atoms with Crippen LogP contribution in [0.4, 0.5) is 0 Å². The van der Waals surface area contributed by atoms with Crippen molar-refractivity contribution in [2.75, 3.05) is 13.7 Å². The lowest BCUT2D eigenvalue weighted by molar-refractivity contribution is -0.121. The molecule has 1 amide bonds. The van der Waals surface area contributed by atoms with Crippen LogP contribution in [0, 0.1) is 0 Å². The van der Waals surface area contributed by atoms with Crippen molar-refractivity contribution in [2.24, 2.45) is 5.10 Å². The SMILES string of the molecule is CCCOc1ccc(C=NNC(=O)CCc2ccc(O)c(O)c2)cc1OC. The summed E-state index contributed by atoms with van der Waals surface area (Å²) in [5.41, 5.74) is 3.97. The van der Waals surface area contributed by atoms with Gasteiger partial charge in [-0.15, -0.1) is 0 Å². The molecule has 0 aliphatic carbocycles. The molecule has 2 rings (SSSR count). The fraction of sp³-hybridized carbons (Fsp3) is 0.300. The maximum absolute atomic E-state index is 11.9. The highest BCUT2D eigenvalue weighted by Gasteiger charge is 2.06. The number of amides is 1. The first kappa shape index (κ1) is 20.1. The Morgan fingerprint density at radius 3 is 2.67 bits per heavy atom. The van der Waals surface area contributed by atoms with Gasteiger partial charge in [-0.2, -0.15) is 5.10 Å². The van der Waals surface area contributed by atoms with Gasteiger partial charge in [0.1, 0.15) is 0 Å². The number of nitrogens with zero attached hydrogens (tertiary/aromatic N) is 1. The molecule has 27 heavy (non-hydrogen) atoms. The number of aryl methyl sites for hydroxylation is 1. The number of hydrogen-bond acceptors (Lipinski definition) is 6. The van der Waals surface area contributed by atoms with Crippen molar-refractivity contribution in [3.63, 3.8) is 0 Å². The van der Waals surface area contributed by atoms with E-state index in [9.17, 15) is 15.0 Å². The molecule has 0 radical (unpaired) electrons. The van der Waals surface area contributed by atoms with Crippen molar-refractivity contribution in [1.29, 1.82) is 0 Å². The largest absolute Gasteiger partial charge is 0.504 e. The van der Waals surface area contributed by atoms with Crippen LogP contribution in [0.2, 0.25) is 0 Å². The third kappa shape index (κ3) is 6.22. The van der Waals surface area contributed by atoms with Crippen LogP contribution in [0.3, 0.4) is 0 Å². The van der Waals surface area contributed by atoms with Crippen LogP contribution in [0.5, 0.6) is 23.0 Å². The van der Waals surface area contributed by atoms with Crippen molar-refractivity contribution in [3.8, 4) is 23.0 Å². The van der Waals surface area contributed by atoms with Gasteiger partial charge in [0.2, 0.25) is 5.91 Å². The van der Waals surface area contributed by atoms with E-state index >= 15 is 0 Å². The van der Waals surface area contributed by atoms with Gasteiger partial charge in [-0.1, -0.05) is 13.0 Å². The van der Waals surface area contributed by atoms with Crippen molar-refractivity contribution in [2.45, 2.75) is 26.2 Å². The number of carbonyl (C=O) groups excluding carboxylic acids is 1. The van der Waals surface area contributed by atoms with Gasteiger partial charge in [0, 0.05) is 6.42 Å². The summed E-state index contributed by atoms with van der Waals surface area (Å²) in [6.45, 7) is 2.64. The van der Waals surface area contributed by atoms with Crippen molar-refractivity contribution < 1.29 is 24.5 Å². The zero-order valence-electron chi connectivity index (χ0n) is 15.4. The molecule has 7 nitrogen and oxygen atoms in total. The Hall–Kier alpha value is -3.22. The molecule has 0 bridgehead atoms. The molecule has 2 aromatic carbocycles. The van der Waals surface area contributed by atoms with Gasteiger partial charge >= 0.3 is 0 Å². The predicted octanol–water partition coefficient (Wildman–Crippen LogP) is 2.98. The number of benzene rings is 2. The van der Waals surface area contributed by atoms with Gasteiger partial charge < -0.3 is 19.7 Å². The average Bonchev–Trinajstić information content (AvgIpc) is 2.67. The minimum Gasteiger partial charge on any atom is -0.504 e. The second-order valence-electron chi connectivity index (χ2n) is 5.88. The predicted molar refractivity (Wildman–Crippen MR) is 103 cm³/mol. The molecule has 0 unspecified atom stereocenters. The molecular weight excluding hydrogens is 348 g/mol. The van der Waals surface area contributed by atoms with Crippen LogP contribution in [0.1, 0.15) is 30.9 Å². The molecule has 0 aliphatic heterocycles. The number of phenols is 2. The van der Waals surface area contributed by atoms with Crippen LogP contribution in [0.15, 0.2) is 41.5 Å². The fourth-order valence-electron chi connectivity index (χ4n) is 2.31. The van der Waals surface area contributed by atoms with Crippen LogP contribution >= 0.6 is 0 Å². The summed E-state index contributed by atoms with van der Waals surface area (Å²) in [6, 6.07) is 9.87. The lowest BCUT2D eigenvalue weighted by Gasteiger charge is -2.10. The van der Waals surface area contributed by atoms with E-state index in [-0.39, 0.29) is 23.8 Å². The molecule has 0 saturated heterocycles. The van der Waals surface area contributed by atoms with Gasteiger partial charge in [-0.25, -0.2) is 5.43 Å². The zero-order chi connectivity index (χ0) is 19.6. The Morgan fingerprint density at radius 1 is 1.15 bits per heavy atom. The number of methoxy groups -OCH3 is 1. The summed E-state index contributed by atoms with van der Waals surface area (Å²) >= 11 is 0. The molecule has 3 N–H and O–H groups in total. The molecule has 2 aromatic rings. The summed E-state index contributed by atoms with van der Waals surface area (Å²) in [5, 5.41) is 22.7. The quantitative estimate of drug-likeness (QED) is 0.357. The third-order valence-corrected chi connectivity index (χ3v) is 3.73. The molecule has 0 aliphatic rings. The number of hydrazone groups is 1. The molecule has 7 heteroatoms. The summed E-state index contributed by atoms with van der Waals surface area (Å²) in [6.07, 6.45) is 3.06. The van der Waals surface area contributed by atoms with E-state index in [1.807, 2.05) is 13.0 Å². The second-order valence-corrected chi connectivity index (χ2v) is 5.88. The fourth-order valence-corrected chi connectivity index (χ4v) is 2.31. The Kier molecular flexibility index (Phi) is 7.49. The van der Waals surface area contributed by atoms with Crippen LogP contribution in [0.25, 0.3) is 0 Å². The zero-order valence-corrected chi connectivity index (χ0v) is 15.4. The molecule has 0 fully saturated rings. The summed E-state index contributed by atoms with van der Waals surface area (Å²) in [4.78, 5) is 11.9. The van der Waals surface area contributed by atoms with Crippen LogP contribution in [-0.4, -0.2) is 36.1 Å². The number of nitrogens with one attached hydrogen (secondary N) is 1. The molecule has 144 valence electrons. The topological polar surface area (TPSA) is 100 Å². The normalized spacial score (nSPS) is 10.7. The van der Waals surface area contributed by atoms with E-state index < -0.39 is 0 Å². The van der Waals surface area contributed by atoms with Crippen LogP contribution < -0.4 is 14.9 Å². The lowest BCUT2D eigenvalue weighted by Crippen LogP contribution is -2.17. The highest BCUT2D eigenvalue weighted by atomic mass is 16.5. The summed E-state index contributed by atoms with van der Waals surface area (Å²) in [7, 11) is 1.57. The van der Waals surface area contributed by atoms with Crippen molar-refractivity contribution in [1.82, 2.24) is 5.43 Å². The monoisotopic (exact) mass is 372 g/mol. The number of aromatic hydroxyl groups is 2. The number of carbonyl (C=O) groups is 1. The first-order chi connectivity index (χ1) is 13.0. The first-order valence-corrected chi connectivity index (χ1v) is 8.67. The Morgan fingerprint density at radius 2 is 1.96 bits per heavy atom. The van der Waals surface area contributed by atoms with Crippen LogP contribution in [-0.2, 0) is 11.2 Å². The number of phenolic OH excluding ortho intramolecular Hbond substituents is 2. The maximum Gasteiger partial charge on any atom is 0.240 e. The number of rotatable bonds is 9. The Labute approximate surface area is 158 Å². The van der Waals surface area contributed by atoms with Gasteiger partial charge in [-0.05, 0) is 54.3 Å². The molecule has 0 saturated carbocycles. The third-order valence-electron chi connectivity index (χ3n) is 3.73. The number of hydrogen-bond donors (Lipinski definition) is 3. The summed E-state index contributed by atoms with van der Waals surface area (Å²) in [5.74, 6) is 0.623. The molecule has 0 spiro atoms. The molecular formula is C20H24N2O5. The second kappa shape index (κ2) is 10.1. The highest BCUT2D eigenvalue weighted by molar-refractivity contribution is 5.83. The minimum atomic E-state index is -0.256. The standard InChI is InChI=1S/C20H24N2O5/c1-3-10-27-18-8-5-15(12-19(18)26-2)13-21-22-20(25)9-6-14-4-7-16(23)17(24)11-14/h4-5,7-8,11-13,23-24H,3,6,9-10H2,1-2H3,(H,22,25). The number of ether oxygens (including phenoxy) is 2. The van der Waals surface area contributed by atoms with Gasteiger partial charge in [0.05, 0.1) is 19.9 Å². The van der Waals surface area contributed by atoms with E-state index in [1.165, 1.54) is 18.3 Å². The highest BCUT2D eigenvalue weighted by Crippen LogP contribution is 2.27. The van der Waals surface area contributed by atoms with E-state index in [2.05, 4.69) is 10.5 Å². The van der Waals surface area contributed by atoms with Gasteiger partial charge in [-0.3, -0.25) is 4.79 Å². The van der Waals surface area contributed by atoms with E-state index in [4.69, 9.17) is 9.47 Å². The van der Waals surface area contributed by atoms with E-state index in [0.29, 0.717) is 24.5 Å². The smallest absolute Gasteiger partial charge is 0.240 e. The Balaban J connectivity index is 1.86. The maximum atomic E-state index is 11.9. The lowest BCUT2D eigenvalue weighted by atomic mass is 10.1. The van der Waals surface area contributed by atoms with Crippen molar-refractivity contribution in [3.05, 3.63) is 47.5 Å². The van der Waals surface area contributed by atoms with E-state index in [0.717, 1.165) is 17.5 Å².